The Kier molecular flexibility index (Phi) is 4.88. The lowest BCUT2D eigenvalue weighted by Crippen LogP contribution is -2.27. The van der Waals surface area contributed by atoms with Crippen molar-refractivity contribution in [3.63, 3.8) is 0 Å². The molecular formula is C19H20ClN3O2. The first kappa shape index (κ1) is 16.4. The minimum absolute atomic E-state index is 0.106. The standard InChI is InChI=1S/C19H20ClN3O2/c20-16-3-1-14(2-4-16)13-23(8-7-19-24-9-10-25-19)17-5-6-18-15(11-17)12-21-22-18/h1-6,11-12,19H,7-10,13H2,(H,21,22). The highest BCUT2D eigenvalue weighted by atomic mass is 35.5. The van der Waals surface area contributed by atoms with Gasteiger partial charge in [0.2, 0.25) is 0 Å². The van der Waals surface area contributed by atoms with E-state index in [1.165, 1.54) is 5.56 Å². The smallest absolute Gasteiger partial charge is 0.159 e. The van der Waals surface area contributed by atoms with Crippen LogP contribution in [-0.4, -0.2) is 36.2 Å². The Morgan fingerprint density at radius 2 is 1.92 bits per heavy atom. The molecular weight excluding hydrogens is 338 g/mol. The van der Waals surface area contributed by atoms with E-state index >= 15 is 0 Å². The Morgan fingerprint density at radius 1 is 1.12 bits per heavy atom. The second kappa shape index (κ2) is 7.44. The Bertz CT molecular complexity index is 828. The first-order valence-electron chi connectivity index (χ1n) is 8.44. The van der Waals surface area contributed by atoms with E-state index in [-0.39, 0.29) is 6.29 Å². The fourth-order valence-corrected chi connectivity index (χ4v) is 3.20. The van der Waals surface area contributed by atoms with Gasteiger partial charge in [0.1, 0.15) is 0 Å². The molecule has 1 fully saturated rings. The van der Waals surface area contributed by atoms with E-state index in [0.29, 0.717) is 13.2 Å². The third-order valence-electron chi connectivity index (χ3n) is 4.40. The van der Waals surface area contributed by atoms with Crippen molar-refractivity contribution >= 4 is 28.2 Å². The molecule has 0 amide bonds. The summed E-state index contributed by atoms with van der Waals surface area (Å²) < 4.78 is 11.2. The van der Waals surface area contributed by atoms with Crippen LogP contribution in [0.2, 0.25) is 5.02 Å². The van der Waals surface area contributed by atoms with Crippen molar-refractivity contribution in [2.45, 2.75) is 19.3 Å². The summed E-state index contributed by atoms with van der Waals surface area (Å²) in [7, 11) is 0. The number of nitrogens with one attached hydrogen (secondary N) is 1. The molecule has 2 aromatic carbocycles. The van der Waals surface area contributed by atoms with Crippen LogP contribution in [0.1, 0.15) is 12.0 Å². The first-order chi connectivity index (χ1) is 12.3. The maximum absolute atomic E-state index is 6.01. The Balaban J connectivity index is 1.55. The Hall–Kier alpha value is -2.08. The third-order valence-corrected chi connectivity index (χ3v) is 4.65. The monoisotopic (exact) mass is 357 g/mol. The lowest BCUT2D eigenvalue weighted by Gasteiger charge is -2.26. The molecule has 1 aliphatic heterocycles. The molecule has 0 saturated carbocycles. The van der Waals surface area contributed by atoms with Gasteiger partial charge in [0.25, 0.3) is 0 Å². The van der Waals surface area contributed by atoms with Crippen LogP contribution >= 0.6 is 11.6 Å². The van der Waals surface area contributed by atoms with Gasteiger partial charge in [0.05, 0.1) is 24.9 Å². The van der Waals surface area contributed by atoms with Crippen LogP contribution in [0, 0.1) is 0 Å². The summed E-state index contributed by atoms with van der Waals surface area (Å²) in [5.41, 5.74) is 3.41. The number of fused-ring (bicyclic) bond motifs is 1. The minimum atomic E-state index is -0.106. The van der Waals surface area contributed by atoms with Gasteiger partial charge in [-0.15, -0.1) is 0 Å². The van der Waals surface area contributed by atoms with Crippen LogP contribution < -0.4 is 4.90 Å². The molecule has 0 radical (unpaired) electrons. The van der Waals surface area contributed by atoms with Crippen LogP contribution in [0.15, 0.2) is 48.7 Å². The van der Waals surface area contributed by atoms with Crippen LogP contribution in [0.5, 0.6) is 0 Å². The summed E-state index contributed by atoms with van der Waals surface area (Å²) in [5, 5.41) is 8.96. The van der Waals surface area contributed by atoms with Gasteiger partial charge in [-0.1, -0.05) is 23.7 Å². The fourth-order valence-electron chi connectivity index (χ4n) is 3.07. The highest BCUT2D eigenvalue weighted by Gasteiger charge is 2.18. The molecule has 0 spiro atoms. The number of anilines is 1. The van der Waals surface area contributed by atoms with Crippen molar-refractivity contribution in [3.8, 4) is 0 Å². The average Bonchev–Trinajstić information content (AvgIpc) is 3.31. The molecule has 1 aliphatic rings. The molecule has 6 heteroatoms. The van der Waals surface area contributed by atoms with Gasteiger partial charge in [-0.05, 0) is 35.9 Å². The molecule has 4 rings (SSSR count). The van der Waals surface area contributed by atoms with Gasteiger partial charge in [-0.25, -0.2) is 0 Å². The molecule has 5 nitrogen and oxygen atoms in total. The minimum Gasteiger partial charge on any atom is -0.367 e. The van der Waals surface area contributed by atoms with Crippen LogP contribution in [0.25, 0.3) is 10.9 Å². The molecule has 0 atom stereocenters. The van der Waals surface area contributed by atoms with E-state index in [2.05, 4.69) is 45.4 Å². The largest absolute Gasteiger partial charge is 0.367 e. The number of rotatable bonds is 6. The zero-order valence-corrected chi connectivity index (χ0v) is 14.6. The summed E-state index contributed by atoms with van der Waals surface area (Å²) in [4.78, 5) is 2.33. The number of halogens is 1. The second-order valence-electron chi connectivity index (χ2n) is 6.15. The van der Waals surface area contributed by atoms with E-state index in [1.807, 2.05) is 18.3 Å². The zero-order chi connectivity index (χ0) is 17.1. The summed E-state index contributed by atoms with van der Waals surface area (Å²) >= 11 is 6.01. The third kappa shape index (κ3) is 3.95. The van der Waals surface area contributed by atoms with Crippen LogP contribution in [0.3, 0.4) is 0 Å². The molecule has 1 aromatic heterocycles. The predicted molar refractivity (Wildman–Crippen MR) is 98.9 cm³/mol. The number of aromatic amines is 1. The molecule has 2 heterocycles. The molecule has 0 unspecified atom stereocenters. The zero-order valence-electron chi connectivity index (χ0n) is 13.8. The predicted octanol–water partition coefficient (Wildman–Crippen LogP) is 3.99. The van der Waals surface area contributed by atoms with E-state index in [4.69, 9.17) is 21.1 Å². The maximum atomic E-state index is 6.01. The molecule has 0 aliphatic carbocycles. The van der Waals surface area contributed by atoms with Crippen LogP contribution in [-0.2, 0) is 16.0 Å². The quantitative estimate of drug-likeness (QED) is 0.724. The van der Waals surface area contributed by atoms with E-state index < -0.39 is 0 Å². The first-order valence-corrected chi connectivity index (χ1v) is 8.81. The molecule has 1 saturated heterocycles. The normalized spacial score (nSPS) is 15.1. The maximum Gasteiger partial charge on any atom is 0.159 e. The van der Waals surface area contributed by atoms with E-state index in [9.17, 15) is 0 Å². The van der Waals surface area contributed by atoms with Gasteiger partial charge in [-0.3, -0.25) is 5.10 Å². The highest BCUT2D eigenvalue weighted by Crippen LogP contribution is 2.24. The van der Waals surface area contributed by atoms with Gasteiger partial charge >= 0.3 is 0 Å². The van der Waals surface area contributed by atoms with Crippen molar-refractivity contribution < 1.29 is 9.47 Å². The fraction of sp³-hybridized carbons (Fsp3) is 0.316. The summed E-state index contributed by atoms with van der Waals surface area (Å²) in [6, 6.07) is 14.3. The second-order valence-corrected chi connectivity index (χ2v) is 6.59. The summed E-state index contributed by atoms with van der Waals surface area (Å²) in [6.45, 7) is 3.01. The molecule has 3 aromatic rings. The van der Waals surface area contributed by atoms with Crippen molar-refractivity contribution in [2.24, 2.45) is 0 Å². The number of hydrogen-bond donors (Lipinski definition) is 1. The summed E-state index contributed by atoms with van der Waals surface area (Å²) in [5.74, 6) is 0. The molecule has 130 valence electrons. The van der Waals surface area contributed by atoms with Gasteiger partial charge < -0.3 is 14.4 Å². The molecule has 1 N–H and O–H groups in total. The molecule has 25 heavy (non-hydrogen) atoms. The number of benzene rings is 2. The van der Waals surface area contributed by atoms with Gasteiger partial charge in [0, 0.05) is 35.6 Å². The molecule has 0 bridgehead atoms. The topological polar surface area (TPSA) is 50.4 Å². The lowest BCUT2D eigenvalue weighted by molar-refractivity contribution is -0.0449. The van der Waals surface area contributed by atoms with Gasteiger partial charge in [-0.2, -0.15) is 5.10 Å². The number of nitrogens with zero attached hydrogens (tertiary/aromatic N) is 2. The van der Waals surface area contributed by atoms with E-state index in [0.717, 1.165) is 41.1 Å². The van der Waals surface area contributed by atoms with Crippen LogP contribution in [0.4, 0.5) is 5.69 Å². The number of aromatic nitrogens is 2. The highest BCUT2D eigenvalue weighted by molar-refractivity contribution is 6.30. The van der Waals surface area contributed by atoms with Crippen molar-refractivity contribution in [2.75, 3.05) is 24.7 Å². The van der Waals surface area contributed by atoms with Crippen molar-refractivity contribution in [3.05, 3.63) is 59.2 Å². The Labute approximate surface area is 151 Å². The average molecular weight is 358 g/mol. The number of ether oxygens (including phenoxy) is 2. The van der Waals surface area contributed by atoms with Gasteiger partial charge in [0.15, 0.2) is 6.29 Å². The summed E-state index contributed by atoms with van der Waals surface area (Å²) in [6.07, 6.45) is 2.57. The number of hydrogen-bond acceptors (Lipinski definition) is 4. The van der Waals surface area contributed by atoms with E-state index in [1.54, 1.807) is 0 Å². The number of H-pyrrole nitrogens is 1. The lowest BCUT2D eigenvalue weighted by atomic mass is 10.1. The SMILES string of the molecule is Clc1ccc(CN(CCC2OCCO2)c2ccc3[nH]ncc3c2)cc1. The van der Waals surface area contributed by atoms with Crippen molar-refractivity contribution in [1.29, 1.82) is 0 Å². The Morgan fingerprint density at radius 3 is 2.72 bits per heavy atom. The van der Waals surface area contributed by atoms with Crippen molar-refractivity contribution in [1.82, 2.24) is 10.2 Å².